The summed E-state index contributed by atoms with van der Waals surface area (Å²) < 4.78 is 0. The van der Waals surface area contributed by atoms with E-state index in [1.807, 2.05) is 0 Å². The minimum atomic E-state index is -0.0770. The van der Waals surface area contributed by atoms with Crippen LogP contribution in [0, 0.1) is 24.7 Å². The highest BCUT2D eigenvalue weighted by Gasteiger charge is 2.51. The molecule has 5 aliphatic rings. The highest BCUT2D eigenvalue weighted by Crippen LogP contribution is 2.61. The van der Waals surface area contributed by atoms with Gasteiger partial charge >= 0.3 is 0 Å². The molecule has 6 aromatic carbocycles. The smallest absolute Gasteiger partial charge is 0.0546 e. The molecular formula is C48H45N. The Kier molecular flexibility index (Phi) is 6.39. The van der Waals surface area contributed by atoms with Crippen LogP contribution in [0.4, 0.5) is 17.1 Å². The molecule has 4 bridgehead atoms. The second kappa shape index (κ2) is 10.7. The van der Waals surface area contributed by atoms with Crippen molar-refractivity contribution >= 4 is 27.8 Å². The maximum Gasteiger partial charge on any atom is 0.0546 e. The van der Waals surface area contributed by atoms with Crippen LogP contribution in [-0.4, -0.2) is 0 Å². The molecule has 49 heavy (non-hydrogen) atoms. The Balaban J connectivity index is 1.17. The van der Waals surface area contributed by atoms with Crippen LogP contribution in [0.1, 0.15) is 74.6 Å². The Labute approximate surface area is 291 Å². The Morgan fingerprint density at radius 1 is 0.551 bits per heavy atom. The molecule has 0 atom stereocenters. The van der Waals surface area contributed by atoms with Gasteiger partial charge in [0.05, 0.1) is 5.69 Å². The number of aryl methyl sites for hydroxylation is 1. The normalized spacial score (nSPS) is 24.2. The maximum absolute atomic E-state index is 2.55. The van der Waals surface area contributed by atoms with Crippen LogP contribution < -0.4 is 4.90 Å². The molecule has 5 aliphatic carbocycles. The maximum atomic E-state index is 2.55. The number of benzene rings is 6. The molecule has 0 aromatic heterocycles. The topological polar surface area (TPSA) is 3.24 Å². The number of rotatable bonds is 5. The van der Waals surface area contributed by atoms with Crippen LogP contribution in [-0.2, 0) is 10.8 Å². The van der Waals surface area contributed by atoms with E-state index in [0.29, 0.717) is 5.41 Å². The van der Waals surface area contributed by atoms with Crippen molar-refractivity contribution < 1.29 is 0 Å². The third-order valence-corrected chi connectivity index (χ3v) is 13.1. The monoisotopic (exact) mass is 635 g/mol. The van der Waals surface area contributed by atoms with Crippen molar-refractivity contribution in [2.45, 2.75) is 70.1 Å². The third kappa shape index (κ3) is 4.51. The molecule has 0 heterocycles. The van der Waals surface area contributed by atoms with E-state index in [0.717, 1.165) is 17.8 Å². The fraction of sp³-hybridized carbons (Fsp3) is 0.292. The standard InChI is InChI=1S/C48H45N/c1-31-10-9-15-43-46(31)41-21-20-40(27-44(41)47(43,2)3)49(45-26-37-14-8-7-13-36(37)25-42(45)35-11-5-4-6-12-35)39-18-16-38(17-19-39)48-28-32-22-33(29-48)24-34(23-32)30-48/h4-21,25-27,32-34H,22-24,28-30H2,1-3H3. The van der Waals surface area contributed by atoms with E-state index >= 15 is 0 Å². The molecule has 6 aromatic rings. The lowest BCUT2D eigenvalue weighted by Gasteiger charge is -2.57. The molecule has 1 nitrogen and oxygen atoms in total. The molecule has 0 radical (unpaired) electrons. The lowest BCUT2D eigenvalue weighted by molar-refractivity contribution is -0.00518. The second-order valence-corrected chi connectivity index (χ2v) is 16.5. The summed E-state index contributed by atoms with van der Waals surface area (Å²) in [4.78, 5) is 2.55. The van der Waals surface area contributed by atoms with E-state index < -0.39 is 0 Å². The minimum Gasteiger partial charge on any atom is -0.310 e. The molecule has 0 unspecified atom stereocenters. The van der Waals surface area contributed by atoms with Crippen molar-refractivity contribution in [3.8, 4) is 22.3 Å². The summed E-state index contributed by atoms with van der Waals surface area (Å²) >= 11 is 0. The Bertz CT molecular complexity index is 2200. The SMILES string of the molecule is Cc1cccc2c1-c1ccc(N(c3ccc(C45CC6CC(CC(C6)C4)C5)cc3)c3cc4ccccc4cc3-c3ccccc3)cc1C2(C)C. The summed E-state index contributed by atoms with van der Waals surface area (Å²) in [5.74, 6) is 2.82. The second-order valence-electron chi connectivity index (χ2n) is 16.5. The third-order valence-electron chi connectivity index (χ3n) is 13.1. The summed E-state index contributed by atoms with van der Waals surface area (Å²) in [6, 6.07) is 48.6. The zero-order valence-corrected chi connectivity index (χ0v) is 29.0. The number of hydrogen-bond acceptors (Lipinski definition) is 1. The molecule has 0 spiro atoms. The first-order chi connectivity index (χ1) is 23.9. The minimum absolute atomic E-state index is 0.0770. The van der Waals surface area contributed by atoms with E-state index in [1.54, 1.807) is 5.56 Å². The van der Waals surface area contributed by atoms with Gasteiger partial charge < -0.3 is 4.90 Å². The van der Waals surface area contributed by atoms with Crippen LogP contribution in [0.25, 0.3) is 33.0 Å². The van der Waals surface area contributed by atoms with Gasteiger partial charge in [0.25, 0.3) is 0 Å². The summed E-state index contributed by atoms with van der Waals surface area (Å²) in [5.41, 5.74) is 15.0. The average molecular weight is 636 g/mol. The molecule has 4 saturated carbocycles. The van der Waals surface area contributed by atoms with Crippen molar-refractivity contribution in [1.82, 2.24) is 0 Å². The summed E-state index contributed by atoms with van der Waals surface area (Å²) in [6.07, 6.45) is 8.62. The Hall–Kier alpha value is -4.62. The van der Waals surface area contributed by atoms with Gasteiger partial charge in [-0.3, -0.25) is 0 Å². The molecule has 1 heteroatoms. The van der Waals surface area contributed by atoms with Gasteiger partial charge in [-0.15, -0.1) is 0 Å². The van der Waals surface area contributed by atoms with Gasteiger partial charge in [-0.05, 0) is 155 Å². The first-order valence-electron chi connectivity index (χ1n) is 18.6. The van der Waals surface area contributed by atoms with E-state index in [-0.39, 0.29) is 5.41 Å². The van der Waals surface area contributed by atoms with Gasteiger partial charge in [-0.25, -0.2) is 0 Å². The van der Waals surface area contributed by atoms with Gasteiger partial charge in [0, 0.05) is 22.4 Å². The molecule has 4 fully saturated rings. The van der Waals surface area contributed by atoms with Crippen molar-refractivity contribution in [2.24, 2.45) is 17.8 Å². The zero-order chi connectivity index (χ0) is 32.9. The van der Waals surface area contributed by atoms with Crippen LogP contribution in [0.3, 0.4) is 0 Å². The lowest BCUT2D eigenvalue weighted by Crippen LogP contribution is -2.48. The zero-order valence-electron chi connectivity index (χ0n) is 29.0. The fourth-order valence-corrected chi connectivity index (χ4v) is 11.2. The molecule has 0 saturated heterocycles. The van der Waals surface area contributed by atoms with Crippen LogP contribution in [0.5, 0.6) is 0 Å². The summed E-state index contributed by atoms with van der Waals surface area (Å²) in [7, 11) is 0. The average Bonchev–Trinajstić information content (AvgIpc) is 3.34. The number of hydrogen-bond donors (Lipinski definition) is 0. The van der Waals surface area contributed by atoms with Crippen LogP contribution >= 0.6 is 0 Å². The Morgan fingerprint density at radius 3 is 1.88 bits per heavy atom. The number of fused-ring (bicyclic) bond motifs is 4. The predicted octanol–water partition coefficient (Wildman–Crippen LogP) is 13.1. The van der Waals surface area contributed by atoms with Crippen LogP contribution in [0.15, 0.2) is 127 Å². The van der Waals surface area contributed by atoms with E-state index in [2.05, 4.69) is 153 Å². The molecule has 0 aliphatic heterocycles. The van der Waals surface area contributed by atoms with Crippen molar-refractivity contribution in [3.05, 3.63) is 150 Å². The number of anilines is 3. The van der Waals surface area contributed by atoms with Crippen molar-refractivity contribution in [1.29, 1.82) is 0 Å². The fourth-order valence-electron chi connectivity index (χ4n) is 11.2. The molecule has 11 rings (SSSR count). The summed E-state index contributed by atoms with van der Waals surface area (Å²) in [6.45, 7) is 7.06. The first-order valence-corrected chi connectivity index (χ1v) is 18.6. The van der Waals surface area contributed by atoms with Gasteiger partial charge in [-0.1, -0.05) is 105 Å². The predicted molar refractivity (Wildman–Crippen MR) is 206 cm³/mol. The van der Waals surface area contributed by atoms with Gasteiger partial charge in [0.15, 0.2) is 0 Å². The van der Waals surface area contributed by atoms with Gasteiger partial charge in [-0.2, -0.15) is 0 Å². The lowest BCUT2D eigenvalue weighted by atomic mass is 9.48. The summed E-state index contributed by atoms with van der Waals surface area (Å²) in [5, 5.41) is 2.53. The van der Waals surface area contributed by atoms with Crippen molar-refractivity contribution in [3.63, 3.8) is 0 Å². The van der Waals surface area contributed by atoms with E-state index in [4.69, 9.17) is 0 Å². The van der Waals surface area contributed by atoms with Gasteiger partial charge in [0.1, 0.15) is 0 Å². The number of nitrogens with zero attached hydrogens (tertiary/aromatic N) is 1. The molecule has 0 N–H and O–H groups in total. The first kappa shape index (κ1) is 29.3. The molecule has 242 valence electrons. The van der Waals surface area contributed by atoms with E-state index in [9.17, 15) is 0 Å². The largest absolute Gasteiger partial charge is 0.310 e. The van der Waals surface area contributed by atoms with Crippen molar-refractivity contribution in [2.75, 3.05) is 4.90 Å². The molecular weight excluding hydrogens is 591 g/mol. The van der Waals surface area contributed by atoms with E-state index in [1.165, 1.54) is 105 Å². The highest BCUT2D eigenvalue weighted by atomic mass is 15.1. The Morgan fingerprint density at radius 2 is 1.18 bits per heavy atom. The highest BCUT2D eigenvalue weighted by molar-refractivity contribution is 5.99. The quantitative estimate of drug-likeness (QED) is 0.182. The molecule has 0 amide bonds. The van der Waals surface area contributed by atoms with Crippen LogP contribution in [0.2, 0.25) is 0 Å². The van der Waals surface area contributed by atoms with Gasteiger partial charge in [0.2, 0.25) is 0 Å².